The second kappa shape index (κ2) is 7.46. The van der Waals surface area contributed by atoms with Crippen molar-refractivity contribution in [2.75, 3.05) is 6.54 Å². The van der Waals surface area contributed by atoms with E-state index in [1.54, 1.807) is 6.07 Å². The van der Waals surface area contributed by atoms with E-state index in [-0.39, 0.29) is 24.0 Å². The lowest BCUT2D eigenvalue weighted by Gasteiger charge is -2.27. The highest BCUT2D eigenvalue weighted by atomic mass is 16.5. The maximum atomic E-state index is 12.2. The highest BCUT2D eigenvalue weighted by Gasteiger charge is 2.21. The summed E-state index contributed by atoms with van der Waals surface area (Å²) in [5.74, 6) is 0.723. The van der Waals surface area contributed by atoms with E-state index in [9.17, 15) is 9.90 Å². The van der Waals surface area contributed by atoms with Crippen LogP contribution in [0.15, 0.2) is 24.3 Å². The van der Waals surface area contributed by atoms with Crippen molar-refractivity contribution in [1.82, 2.24) is 5.32 Å². The Balaban J connectivity index is 1.89. The molecule has 1 fully saturated rings. The summed E-state index contributed by atoms with van der Waals surface area (Å²) in [4.78, 5) is 12.2. The van der Waals surface area contributed by atoms with E-state index in [2.05, 4.69) is 5.32 Å². The number of carbonyl (C=O) groups is 1. The first-order valence-electron chi connectivity index (χ1n) is 7.80. The highest BCUT2D eigenvalue weighted by molar-refractivity contribution is 5.96. The molecule has 2 rings (SSSR count). The van der Waals surface area contributed by atoms with Gasteiger partial charge in [-0.25, -0.2) is 0 Å². The number of hydrogen-bond acceptors (Lipinski definition) is 3. The Bertz CT molecular complexity index is 469. The first-order valence-corrected chi connectivity index (χ1v) is 7.80. The fourth-order valence-corrected chi connectivity index (χ4v) is 2.19. The van der Waals surface area contributed by atoms with Gasteiger partial charge in [-0.15, -0.1) is 0 Å². The van der Waals surface area contributed by atoms with E-state index in [4.69, 9.17) is 4.74 Å². The summed E-state index contributed by atoms with van der Waals surface area (Å²) in [7, 11) is 0. The molecule has 1 unspecified atom stereocenters. The molecular formula is C17H25NO3. The molecule has 1 atom stereocenters. The van der Waals surface area contributed by atoms with E-state index >= 15 is 0 Å². The van der Waals surface area contributed by atoms with Gasteiger partial charge in [-0.1, -0.05) is 26.0 Å². The number of rotatable bonds is 7. The Labute approximate surface area is 126 Å². The molecule has 4 nitrogen and oxygen atoms in total. The van der Waals surface area contributed by atoms with Crippen LogP contribution in [0.25, 0.3) is 0 Å². The molecule has 1 amide bonds. The number of ether oxygens (including phenoxy) is 1. The van der Waals surface area contributed by atoms with Crippen LogP contribution in [-0.2, 0) is 0 Å². The van der Waals surface area contributed by atoms with Crippen molar-refractivity contribution in [2.45, 2.75) is 51.7 Å². The van der Waals surface area contributed by atoms with Gasteiger partial charge in [0.05, 0.1) is 17.8 Å². The average molecular weight is 291 g/mol. The van der Waals surface area contributed by atoms with Gasteiger partial charge in [-0.05, 0) is 43.7 Å². The Hall–Kier alpha value is -1.55. The summed E-state index contributed by atoms with van der Waals surface area (Å²) >= 11 is 0. The zero-order valence-corrected chi connectivity index (χ0v) is 12.8. The molecule has 0 saturated heterocycles. The normalized spacial score (nSPS) is 16.4. The van der Waals surface area contributed by atoms with E-state index in [0.29, 0.717) is 24.3 Å². The molecule has 1 aliphatic rings. The number of carbonyl (C=O) groups excluding carboxylic acids is 1. The van der Waals surface area contributed by atoms with E-state index < -0.39 is 0 Å². The molecule has 1 saturated carbocycles. The Morgan fingerprint density at radius 1 is 1.38 bits per heavy atom. The van der Waals surface area contributed by atoms with E-state index in [1.807, 2.05) is 32.0 Å². The molecule has 1 aromatic rings. The van der Waals surface area contributed by atoms with Gasteiger partial charge in [0.15, 0.2) is 0 Å². The van der Waals surface area contributed by atoms with Crippen LogP contribution < -0.4 is 10.1 Å². The standard InChI is InChI=1S/C17H25NO3/c1-12(2)15(19)10-11-18-17(20)14-8-3-4-9-16(14)21-13-6-5-7-13/h3-4,8-9,12-13,15,19H,5-7,10-11H2,1-2H3,(H,18,20). The largest absolute Gasteiger partial charge is 0.490 e. The summed E-state index contributed by atoms with van der Waals surface area (Å²) in [6.45, 7) is 4.40. The van der Waals surface area contributed by atoms with Crippen LogP contribution in [0.4, 0.5) is 0 Å². The molecule has 0 bridgehead atoms. The molecule has 0 aliphatic heterocycles. The van der Waals surface area contributed by atoms with Crippen LogP contribution in [0.2, 0.25) is 0 Å². The third-order valence-electron chi connectivity index (χ3n) is 3.97. The van der Waals surface area contributed by atoms with Crippen LogP contribution in [-0.4, -0.2) is 29.8 Å². The predicted molar refractivity (Wildman–Crippen MR) is 82.5 cm³/mol. The van der Waals surface area contributed by atoms with Crippen LogP contribution in [0.1, 0.15) is 49.9 Å². The van der Waals surface area contributed by atoms with Gasteiger partial charge in [-0.3, -0.25) is 4.79 Å². The molecule has 1 aromatic carbocycles. The minimum Gasteiger partial charge on any atom is -0.490 e. The molecule has 0 spiro atoms. The maximum Gasteiger partial charge on any atom is 0.255 e. The van der Waals surface area contributed by atoms with Gasteiger partial charge >= 0.3 is 0 Å². The maximum absolute atomic E-state index is 12.2. The average Bonchev–Trinajstić information content (AvgIpc) is 2.42. The SMILES string of the molecule is CC(C)C(O)CCNC(=O)c1ccccc1OC1CCC1. The van der Waals surface area contributed by atoms with Crippen molar-refractivity contribution in [2.24, 2.45) is 5.92 Å². The first-order chi connectivity index (χ1) is 10.1. The first kappa shape index (κ1) is 15.8. The minimum atomic E-state index is -0.383. The van der Waals surface area contributed by atoms with Gasteiger partial charge < -0.3 is 15.2 Å². The van der Waals surface area contributed by atoms with Crippen LogP contribution in [0.3, 0.4) is 0 Å². The quantitative estimate of drug-likeness (QED) is 0.812. The molecular weight excluding hydrogens is 266 g/mol. The van der Waals surface area contributed by atoms with Crippen molar-refractivity contribution in [3.63, 3.8) is 0 Å². The Morgan fingerprint density at radius 3 is 2.71 bits per heavy atom. The molecule has 0 aromatic heterocycles. The molecule has 0 heterocycles. The topological polar surface area (TPSA) is 58.6 Å². The number of nitrogens with one attached hydrogen (secondary N) is 1. The minimum absolute atomic E-state index is 0.138. The van der Waals surface area contributed by atoms with Gasteiger partial charge in [0.2, 0.25) is 0 Å². The monoisotopic (exact) mass is 291 g/mol. The summed E-state index contributed by atoms with van der Waals surface area (Å²) in [6.07, 6.45) is 3.77. The smallest absolute Gasteiger partial charge is 0.255 e. The van der Waals surface area contributed by atoms with Crippen LogP contribution >= 0.6 is 0 Å². The van der Waals surface area contributed by atoms with E-state index in [0.717, 1.165) is 12.8 Å². The lowest BCUT2D eigenvalue weighted by atomic mass is 9.96. The molecule has 1 aliphatic carbocycles. The number of aliphatic hydroxyl groups is 1. The number of aliphatic hydroxyl groups excluding tert-OH is 1. The summed E-state index contributed by atoms with van der Waals surface area (Å²) < 4.78 is 5.86. The summed E-state index contributed by atoms with van der Waals surface area (Å²) in [6, 6.07) is 7.34. The fourth-order valence-electron chi connectivity index (χ4n) is 2.19. The number of para-hydroxylation sites is 1. The van der Waals surface area contributed by atoms with Gasteiger partial charge in [0.1, 0.15) is 5.75 Å². The molecule has 4 heteroatoms. The fraction of sp³-hybridized carbons (Fsp3) is 0.588. The predicted octanol–water partition coefficient (Wildman–Crippen LogP) is 2.75. The number of hydrogen-bond donors (Lipinski definition) is 2. The third-order valence-corrected chi connectivity index (χ3v) is 3.97. The number of amides is 1. The van der Waals surface area contributed by atoms with Crippen molar-refractivity contribution in [1.29, 1.82) is 0 Å². The number of benzene rings is 1. The summed E-state index contributed by atoms with van der Waals surface area (Å²) in [5, 5.41) is 12.6. The lowest BCUT2D eigenvalue weighted by molar-refractivity contribution is 0.0899. The van der Waals surface area contributed by atoms with Crippen molar-refractivity contribution < 1.29 is 14.6 Å². The second-order valence-electron chi connectivity index (χ2n) is 6.02. The third kappa shape index (κ3) is 4.46. The van der Waals surface area contributed by atoms with Crippen LogP contribution in [0.5, 0.6) is 5.75 Å². The van der Waals surface area contributed by atoms with Crippen LogP contribution in [0, 0.1) is 5.92 Å². The molecule has 2 N–H and O–H groups in total. The molecule has 116 valence electrons. The van der Waals surface area contributed by atoms with Crippen molar-refractivity contribution in [3.8, 4) is 5.75 Å². The molecule has 0 radical (unpaired) electrons. The van der Waals surface area contributed by atoms with Crippen molar-refractivity contribution in [3.05, 3.63) is 29.8 Å². The second-order valence-corrected chi connectivity index (χ2v) is 6.02. The van der Waals surface area contributed by atoms with Crippen molar-refractivity contribution >= 4 is 5.91 Å². The zero-order chi connectivity index (χ0) is 15.2. The lowest BCUT2D eigenvalue weighted by Crippen LogP contribution is -2.30. The van der Waals surface area contributed by atoms with Gasteiger partial charge in [0.25, 0.3) is 5.91 Å². The van der Waals surface area contributed by atoms with Gasteiger partial charge in [0, 0.05) is 6.54 Å². The highest BCUT2D eigenvalue weighted by Crippen LogP contribution is 2.27. The molecule has 21 heavy (non-hydrogen) atoms. The van der Waals surface area contributed by atoms with Gasteiger partial charge in [-0.2, -0.15) is 0 Å². The Morgan fingerprint density at radius 2 is 2.10 bits per heavy atom. The Kier molecular flexibility index (Phi) is 5.62. The zero-order valence-electron chi connectivity index (χ0n) is 12.8. The summed E-state index contributed by atoms with van der Waals surface area (Å²) in [5.41, 5.74) is 0.573. The van der Waals surface area contributed by atoms with E-state index in [1.165, 1.54) is 6.42 Å².